The number of nitrogens with one attached hydrogen (secondary N) is 1. The van der Waals surface area contributed by atoms with Crippen LogP contribution >= 0.6 is 27.7 Å². The predicted molar refractivity (Wildman–Crippen MR) is 117 cm³/mol. The van der Waals surface area contributed by atoms with Crippen LogP contribution in [-0.2, 0) is 14.9 Å². The van der Waals surface area contributed by atoms with Crippen LogP contribution in [0.3, 0.4) is 0 Å². The maximum Gasteiger partial charge on any atom is 0.233 e. The third-order valence-electron chi connectivity index (χ3n) is 5.53. The summed E-state index contributed by atoms with van der Waals surface area (Å²) in [6.07, 6.45) is 1.72. The molecule has 2 aliphatic rings. The number of hydrogen-bond acceptors (Lipinski definition) is 5. The summed E-state index contributed by atoms with van der Waals surface area (Å²) in [7, 11) is 0. The molecule has 0 radical (unpaired) electrons. The Morgan fingerprint density at radius 1 is 1.14 bits per heavy atom. The van der Waals surface area contributed by atoms with Gasteiger partial charge in [0.25, 0.3) is 0 Å². The molecular formula is C22H24BrNO4S. The van der Waals surface area contributed by atoms with E-state index in [4.69, 9.17) is 14.2 Å². The monoisotopic (exact) mass is 477 g/mol. The lowest BCUT2D eigenvalue weighted by molar-refractivity contribution is -0.120. The zero-order valence-corrected chi connectivity index (χ0v) is 18.7. The first kappa shape index (κ1) is 20.6. The number of carbonyl (C=O) groups excluding carboxylic acids is 1. The second kappa shape index (κ2) is 8.98. The number of thioether (sulfide) groups is 1. The lowest BCUT2D eigenvalue weighted by atomic mass is 9.74. The van der Waals surface area contributed by atoms with Crippen LogP contribution in [0.2, 0.25) is 0 Å². The summed E-state index contributed by atoms with van der Waals surface area (Å²) < 4.78 is 17.6. The van der Waals surface area contributed by atoms with Crippen molar-refractivity contribution in [2.45, 2.75) is 35.3 Å². The molecule has 0 bridgehead atoms. The fraction of sp³-hybridized carbons (Fsp3) is 0.409. The zero-order valence-electron chi connectivity index (χ0n) is 16.3. The van der Waals surface area contributed by atoms with E-state index in [0.717, 1.165) is 33.7 Å². The molecule has 1 fully saturated rings. The van der Waals surface area contributed by atoms with Gasteiger partial charge >= 0.3 is 0 Å². The van der Waals surface area contributed by atoms with E-state index >= 15 is 0 Å². The number of halogens is 1. The summed E-state index contributed by atoms with van der Waals surface area (Å²) in [6.45, 7) is 4.16. The minimum atomic E-state index is -0.176. The summed E-state index contributed by atoms with van der Waals surface area (Å²) in [4.78, 5) is 13.9. The van der Waals surface area contributed by atoms with Crippen LogP contribution in [0.1, 0.15) is 25.3 Å². The topological polar surface area (TPSA) is 56.8 Å². The first-order chi connectivity index (χ1) is 14.1. The molecule has 1 atom stereocenters. The molecule has 29 heavy (non-hydrogen) atoms. The minimum absolute atomic E-state index is 0.0459. The lowest BCUT2D eigenvalue weighted by Crippen LogP contribution is -2.46. The van der Waals surface area contributed by atoms with Crippen molar-refractivity contribution < 1.29 is 19.0 Å². The molecule has 5 nitrogen and oxygen atoms in total. The van der Waals surface area contributed by atoms with Gasteiger partial charge in [-0.05, 0) is 61.7 Å². The van der Waals surface area contributed by atoms with Crippen molar-refractivity contribution in [3.63, 3.8) is 0 Å². The van der Waals surface area contributed by atoms with Crippen LogP contribution in [-0.4, -0.2) is 37.7 Å². The van der Waals surface area contributed by atoms with Crippen molar-refractivity contribution in [3.8, 4) is 11.5 Å². The van der Waals surface area contributed by atoms with E-state index < -0.39 is 0 Å². The Morgan fingerprint density at radius 3 is 2.62 bits per heavy atom. The standard InChI is InChI=1S/C22H24BrNO4S/c1-15(29-18-5-3-17(23)4-6-18)21(25)24-13-22(8-10-26-11-9-22)16-2-7-19-20(12-16)28-14-27-19/h2-7,12,15H,8-11,13-14H2,1H3,(H,24,25). The molecule has 1 unspecified atom stereocenters. The summed E-state index contributed by atoms with van der Waals surface area (Å²) >= 11 is 5.00. The normalized spacial score (nSPS) is 18.3. The molecule has 2 aromatic carbocycles. The second-order valence-corrected chi connectivity index (χ2v) is 9.72. The number of amides is 1. The molecule has 2 aromatic rings. The Hall–Kier alpha value is -1.70. The van der Waals surface area contributed by atoms with Gasteiger partial charge in [0.1, 0.15) is 0 Å². The highest BCUT2D eigenvalue weighted by Crippen LogP contribution is 2.40. The largest absolute Gasteiger partial charge is 0.454 e. The SMILES string of the molecule is CC(Sc1ccc(Br)cc1)C(=O)NCC1(c2ccc3c(c2)OCO3)CCOCC1. The van der Waals surface area contributed by atoms with E-state index in [1.54, 1.807) is 11.8 Å². The van der Waals surface area contributed by atoms with Crippen molar-refractivity contribution in [1.29, 1.82) is 0 Å². The first-order valence-corrected chi connectivity index (χ1v) is 11.4. The number of carbonyl (C=O) groups is 1. The number of fused-ring (bicyclic) bond motifs is 1. The van der Waals surface area contributed by atoms with Crippen molar-refractivity contribution in [2.75, 3.05) is 26.6 Å². The van der Waals surface area contributed by atoms with Crippen molar-refractivity contribution in [1.82, 2.24) is 5.32 Å². The van der Waals surface area contributed by atoms with Gasteiger partial charge in [0.05, 0.1) is 5.25 Å². The molecule has 1 saturated heterocycles. The highest BCUT2D eigenvalue weighted by molar-refractivity contribution is 9.10. The Balaban J connectivity index is 1.44. The van der Waals surface area contributed by atoms with Gasteiger partial charge in [0.2, 0.25) is 12.7 Å². The lowest BCUT2D eigenvalue weighted by Gasteiger charge is -2.38. The van der Waals surface area contributed by atoms with Crippen molar-refractivity contribution >= 4 is 33.6 Å². The highest BCUT2D eigenvalue weighted by atomic mass is 79.9. The summed E-state index contributed by atoms with van der Waals surface area (Å²) in [5, 5.41) is 3.02. The van der Waals surface area contributed by atoms with E-state index in [-0.39, 0.29) is 23.4 Å². The van der Waals surface area contributed by atoms with E-state index in [1.807, 2.05) is 37.3 Å². The fourth-order valence-corrected chi connectivity index (χ4v) is 4.88. The number of ether oxygens (including phenoxy) is 3. The van der Waals surface area contributed by atoms with E-state index in [0.29, 0.717) is 19.8 Å². The van der Waals surface area contributed by atoms with E-state index in [2.05, 4.69) is 33.4 Å². The van der Waals surface area contributed by atoms with E-state index in [1.165, 1.54) is 5.56 Å². The van der Waals surface area contributed by atoms with Gasteiger partial charge in [-0.3, -0.25) is 4.79 Å². The average Bonchev–Trinajstić information content (AvgIpc) is 3.22. The van der Waals surface area contributed by atoms with Crippen LogP contribution < -0.4 is 14.8 Å². The van der Waals surface area contributed by atoms with E-state index in [9.17, 15) is 4.79 Å². The van der Waals surface area contributed by atoms with Gasteiger partial charge < -0.3 is 19.5 Å². The Kier molecular flexibility index (Phi) is 6.37. The van der Waals surface area contributed by atoms with Crippen LogP contribution in [0, 0.1) is 0 Å². The van der Waals surface area contributed by atoms with Gasteiger partial charge in [-0.1, -0.05) is 22.0 Å². The summed E-state index contributed by atoms with van der Waals surface area (Å²) in [5.41, 5.74) is 1.01. The molecule has 4 rings (SSSR count). The summed E-state index contributed by atoms with van der Waals surface area (Å²) in [6, 6.07) is 14.1. The van der Waals surface area contributed by atoms with Gasteiger partial charge in [-0.25, -0.2) is 0 Å². The van der Waals surface area contributed by atoms with Gasteiger partial charge in [-0.2, -0.15) is 0 Å². The van der Waals surface area contributed by atoms with Gasteiger partial charge in [0, 0.05) is 34.5 Å². The predicted octanol–water partition coefficient (Wildman–Crippen LogP) is 4.52. The Morgan fingerprint density at radius 2 is 1.86 bits per heavy atom. The molecule has 2 aliphatic heterocycles. The highest BCUT2D eigenvalue weighted by Gasteiger charge is 2.36. The molecule has 1 N–H and O–H groups in total. The third kappa shape index (κ3) is 4.73. The van der Waals surface area contributed by atoms with Crippen LogP contribution in [0.5, 0.6) is 11.5 Å². The van der Waals surface area contributed by atoms with Crippen LogP contribution in [0.25, 0.3) is 0 Å². The molecule has 0 saturated carbocycles. The zero-order chi connectivity index (χ0) is 20.3. The van der Waals surface area contributed by atoms with Crippen LogP contribution in [0.15, 0.2) is 51.8 Å². The number of rotatable bonds is 6. The Labute approximate surface area is 183 Å². The maximum absolute atomic E-state index is 12.8. The Bertz CT molecular complexity index is 868. The smallest absolute Gasteiger partial charge is 0.233 e. The third-order valence-corrected chi connectivity index (χ3v) is 7.17. The molecule has 0 aromatic heterocycles. The average molecular weight is 478 g/mol. The number of hydrogen-bond donors (Lipinski definition) is 1. The molecule has 0 spiro atoms. The molecule has 2 heterocycles. The van der Waals surface area contributed by atoms with Gasteiger partial charge in [0.15, 0.2) is 11.5 Å². The second-order valence-electron chi connectivity index (χ2n) is 7.39. The van der Waals surface area contributed by atoms with Crippen molar-refractivity contribution in [2.24, 2.45) is 0 Å². The van der Waals surface area contributed by atoms with Crippen LogP contribution in [0.4, 0.5) is 0 Å². The fourth-order valence-electron chi connectivity index (χ4n) is 3.73. The quantitative estimate of drug-likeness (QED) is 0.619. The minimum Gasteiger partial charge on any atom is -0.454 e. The molecular weight excluding hydrogens is 454 g/mol. The molecule has 7 heteroatoms. The number of benzene rings is 2. The molecule has 0 aliphatic carbocycles. The van der Waals surface area contributed by atoms with Gasteiger partial charge in [-0.15, -0.1) is 11.8 Å². The van der Waals surface area contributed by atoms with Crippen molar-refractivity contribution in [3.05, 3.63) is 52.5 Å². The summed E-state index contributed by atoms with van der Waals surface area (Å²) in [5.74, 6) is 1.60. The first-order valence-electron chi connectivity index (χ1n) is 9.74. The molecule has 154 valence electrons. The maximum atomic E-state index is 12.8. The molecule has 1 amide bonds.